The molecule has 0 aromatic heterocycles. The van der Waals surface area contributed by atoms with Gasteiger partial charge in [-0.25, -0.2) is 9.59 Å². The molecule has 22 nitrogen and oxygen atoms in total. The first-order chi connectivity index (χ1) is 35.0. The highest BCUT2D eigenvalue weighted by molar-refractivity contribution is 8.76. The Bertz CT molecular complexity index is 2250. The van der Waals surface area contributed by atoms with E-state index < -0.39 is 81.2 Å². The Morgan fingerprint density at radius 3 is 1.28 bits per heavy atom. The van der Waals surface area contributed by atoms with Crippen molar-refractivity contribution in [2.45, 2.75) is 104 Å². The molecule has 2 aromatic carbocycles. The van der Waals surface area contributed by atoms with Crippen molar-refractivity contribution in [1.82, 2.24) is 21.3 Å². The van der Waals surface area contributed by atoms with Gasteiger partial charge in [0.15, 0.2) is 35.2 Å². The molecular weight excluding hydrogens is 1050 g/mol. The third-order valence-electron chi connectivity index (χ3n) is 9.82. The van der Waals surface area contributed by atoms with E-state index in [4.69, 9.17) is 37.5 Å². The summed E-state index contributed by atoms with van der Waals surface area (Å²) in [6.45, 7) is 7.50. The maximum Gasteiger partial charge on any atom is 0.514 e. The Balaban J connectivity index is 2.11. The van der Waals surface area contributed by atoms with Crippen molar-refractivity contribution in [1.29, 1.82) is 0 Å². The normalized spacial score (nSPS) is 12.5. The summed E-state index contributed by atoms with van der Waals surface area (Å²) in [7, 11) is -4.73. The van der Waals surface area contributed by atoms with Crippen LogP contribution in [0.3, 0.4) is 0 Å². The van der Waals surface area contributed by atoms with E-state index >= 15 is 0 Å². The van der Waals surface area contributed by atoms with Gasteiger partial charge in [0.2, 0.25) is 11.8 Å². The van der Waals surface area contributed by atoms with E-state index in [1.807, 2.05) is 0 Å². The smallest absolute Gasteiger partial charge is 0.493 e. The summed E-state index contributed by atoms with van der Waals surface area (Å²) in [6, 6.07) is 8.92. The molecule has 0 aliphatic carbocycles. The van der Waals surface area contributed by atoms with Crippen molar-refractivity contribution in [3.8, 4) is 23.0 Å². The fourth-order valence-electron chi connectivity index (χ4n) is 6.06. The van der Waals surface area contributed by atoms with Crippen LogP contribution in [0.5, 0.6) is 23.0 Å². The van der Waals surface area contributed by atoms with E-state index in [1.54, 1.807) is 12.1 Å². The summed E-state index contributed by atoms with van der Waals surface area (Å²) in [4.78, 5) is 77.4. The number of carbonyl (C=O) groups is 6. The monoisotopic (exact) mass is 1120 g/mol. The van der Waals surface area contributed by atoms with Crippen molar-refractivity contribution < 1.29 is 83.1 Å². The SMILES string of the molecule is COc1cc(CNC(=O)CCCC/C=C/C(C)C)ccc1OC(=O)OC(CSSCC(OC(=O)Oc1ccc(CNC(=O)CCCC/C=C/C(C)C)cc1OC)C(=O)NCCS(=O)(=O)O)C(=O)NCCS(=O)(=O)O. The molecule has 0 saturated heterocycles. The van der Waals surface area contributed by atoms with Crippen molar-refractivity contribution in [3.63, 3.8) is 0 Å². The number of hydrogen-bond acceptors (Lipinski definition) is 18. The van der Waals surface area contributed by atoms with Crippen LogP contribution in [0.15, 0.2) is 60.7 Å². The fourth-order valence-corrected chi connectivity index (χ4v) is 8.98. The minimum Gasteiger partial charge on any atom is -0.493 e. The van der Waals surface area contributed by atoms with E-state index in [0.29, 0.717) is 48.6 Å². The summed E-state index contributed by atoms with van der Waals surface area (Å²) in [5.74, 6) is -3.98. The van der Waals surface area contributed by atoms with Crippen LogP contribution < -0.4 is 40.2 Å². The first-order valence-electron chi connectivity index (χ1n) is 23.7. The molecule has 0 aliphatic heterocycles. The number of benzene rings is 2. The van der Waals surface area contributed by atoms with Crippen LogP contribution in [0.2, 0.25) is 0 Å². The molecular formula is C48H70N4O18S4. The molecule has 4 amide bonds. The predicted molar refractivity (Wildman–Crippen MR) is 280 cm³/mol. The number of rotatable bonds is 35. The van der Waals surface area contributed by atoms with Gasteiger partial charge in [-0.3, -0.25) is 28.3 Å². The first kappa shape index (κ1) is 64.6. The topological polar surface area (TPSA) is 315 Å². The van der Waals surface area contributed by atoms with Crippen molar-refractivity contribution in [3.05, 3.63) is 71.8 Å². The number of allylic oxidation sites excluding steroid dienone is 4. The van der Waals surface area contributed by atoms with Gasteiger partial charge in [0, 0.05) is 39.0 Å². The Labute approximate surface area is 441 Å². The number of unbranched alkanes of at least 4 members (excludes halogenated alkanes) is 4. The standard InChI is InChI=1S/C48H70N4O18S4/c1-33(2)15-11-7-9-13-17-43(53)51-29-35-19-21-37(39(27-35)65-5)67-47(57)69-41(45(55)49-23-25-73(59,60)61)31-71-72-32-42(46(56)50-24-26-74(62,63)64)70-48(58)68-38-22-20-36(28-40(38)66-6)30-52-44(54)18-14-10-8-12-16-34(3)4/h11-12,15-16,19-22,27-28,33-34,41-42H,7-10,13-14,17-18,23-26,29-32H2,1-6H3,(H,49,55)(H,50,56)(H,51,53)(H,52,54)(H,59,60,61)(H,62,63,64)/b15-11+,16-12+. The molecule has 0 saturated carbocycles. The number of ether oxygens (including phenoxy) is 6. The molecule has 2 unspecified atom stereocenters. The molecule has 0 bridgehead atoms. The van der Waals surface area contributed by atoms with Gasteiger partial charge in [0.1, 0.15) is 0 Å². The highest BCUT2D eigenvalue weighted by atomic mass is 33.1. The number of carbonyl (C=O) groups excluding carboxylic acids is 6. The summed E-state index contributed by atoms with van der Waals surface area (Å²) >= 11 is 0. The molecule has 26 heteroatoms. The molecule has 0 aliphatic rings. The summed E-state index contributed by atoms with van der Waals surface area (Å²) in [6.07, 6.45) is 7.87. The predicted octanol–water partition coefficient (Wildman–Crippen LogP) is 6.34. The van der Waals surface area contributed by atoms with Gasteiger partial charge in [-0.1, -0.05) is 85.7 Å². The minimum atomic E-state index is -4.50. The van der Waals surface area contributed by atoms with E-state index in [9.17, 15) is 45.6 Å². The highest BCUT2D eigenvalue weighted by Crippen LogP contribution is 2.31. The molecule has 0 heterocycles. The molecule has 0 radical (unpaired) electrons. The molecule has 414 valence electrons. The Morgan fingerprint density at radius 2 is 0.946 bits per heavy atom. The number of hydrogen-bond donors (Lipinski definition) is 6. The summed E-state index contributed by atoms with van der Waals surface area (Å²) < 4.78 is 95.5. The number of amides is 4. The van der Waals surface area contributed by atoms with Crippen LogP contribution in [-0.4, -0.2) is 124 Å². The van der Waals surface area contributed by atoms with Gasteiger partial charge in [0.05, 0.1) is 37.2 Å². The van der Waals surface area contributed by atoms with Crippen molar-refractivity contribution in [2.24, 2.45) is 11.8 Å². The summed E-state index contributed by atoms with van der Waals surface area (Å²) in [5.41, 5.74) is 1.23. The average Bonchev–Trinajstić information content (AvgIpc) is 3.32. The van der Waals surface area contributed by atoms with Gasteiger partial charge in [-0.2, -0.15) is 16.8 Å². The van der Waals surface area contributed by atoms with Gasteiger partial charge in [-0.15, -0.1) is 0 Å². The zero-order valence-electron chi connectivity index (χ0n) is 42.5. The van der Waals surface area contributed by atoms with Crippen LogP contribution in [0.1, 0.15) is 90.2 Å². The second kappa shape index (κ2) is 34.9. The second-order valence-electron chi connectivity index (χ2n) is 17.0. The molecule has 74 heavy (non-hydrogen) atoms. The van der Waals surface area contributed by atoms with Crippen molar-refractivity contribution >= 4 is 77.8 Å². The van der Waals surface area contributed by atoms with E-state index in [-0.39, 0.29) is 59.4 Å². The molecule has 2 atom stereocenters. The number of methoxy groups -OCH3 is 2. The van der Waals surface area contributed by atoms with Crippen LogP contribution in [0.4, 0.5) is 9.59 Å². The Kier molecular flexibility index (Phi) is 30.4. The van der Waals surface area contributed by atoms with E-state index in [0.717, 1.165) is 47.3 Å². The second-order valence-corrected chi connectivity index (χ2v) is 22.7. The molecule has 6 N–H and O–H groups in total. The Morgan fingerprint density at radius 1 is 0.568 bits per heavy atom. The maximum absolute atomic E-state index is 13.2. The zero-order valence-corrected chi connectivity index (χ0v) is 45.7. The largest absolute Gasteiger partial charge is 0.514 e. The van der Waals surface area contributed by atoms with Crippen LogP contribution in [-0.2, 0) is 62.0 Å². The van der Waals surface area contributed by atoms with Crippen LogP contribution in [0, 0.1) is 11.8 Å². The lowest BCUT2D eigenvalue weighted by Crippen LogP contribution is -2.42. The van der Waals surface area contributed by atoms with Gasteiger partial charge < -0.3 is 49.7 Å². The van der Waals surface area contributed by atoms with E-state index in [1.165, 1.54) is 38.5 Å². The fraction of sp³-hybridized carbons (Fsp3) is 0.542. The molecule has 0 spiro atoms. The lowest BCUT2D eigenvalue weighted by molar-refractivity contribution is -0.129. The van der Waals surface area contributed by atoms with Crippen molar-refractivity contribution in [2.75, 3.05) is 50.3 Å². The molecule has 2 rings (SSSR count). The lowest BCUT2D eigenvalue weighted by Gasteiger charge is -2.19. The summed E-state index contributed by atoms with van der Waals surface area (Å²) in [5, 5.41) is 10.1. The lowest BCUT2D eigenvalue weighted by atomic mass is 10.1. The molecule has 2 aromatic rings. The number of nitrogens with one attached hydrogen (secondary N) is 4. The maximum atomic E-state index is 13.2. The van der Waals surface area contributed by atoms with Crippen LogP contribution in [0.25, 0.3) is 0 Å². The highest BCUT2D eigenvalue weighted by Gasteiger charge is 2.29. The third kappa shape index (κ3) is 30.0. The van der Waals surface area contributed by atoms with E-state index in [2.05, 4.69) is 73.3 Å². The average molecular weight is 1120 g/mol. The Hall–Kier alpha value is -5.54. The third-order valence-corrected chi connectivity index (χ3v) is 13.6. The first-order valence-corrected chi connectivity index (χ1v) is 29.4. The molecule has 0 fully saturated rings. The van der Waals surface area contributed by atoms with Gasteiger partial charge >= 0.3 is 12.3 Å². The zero-order chi connectivity index (χ0) is 55.1. The quantitative estimate of drug-likeness (QED) is 0.0110. The van der Waals surface area contributed by atoms with Gasteiger partial charge in [0.25, 0.3) is 32.1 Å². The van der Waals surface area contributed by atoms with Gasteiger partial charge in [-0.05, 0) is 85.8 Å². The minimum absolute atomic E-state index is 0.0761. The van der Waals surface area contributed by atoms with Crippen LogP contribution >= 0.6 is 21.6 Å².